The van der Waals surface area contributed by atoms with Crippen molar-refractivity contribution in [3.8, 4) is 11.5 Å². The van der Waals surface area contributed by atoms with E-state index in [4.69, 9.17) is 9.47 Å². The number of hydrogen-bond acceptors (Lipinski definition) is 3. The molecule has 2 aliphatic rings. The summed E-state index contributed by atoms with van der Waals surface area (Å²) in [5.41, 5.74) is 0.781. The average Bonchev–Trinajstić information content (AvgIpc) is 2.56. The highest BCUT2D eigenvalue weighted by molar-refractivity contribution is 5.78. The number of carbonyl (C=O) groups is 1. The molecule has 0 bridgehead atoms. The Morgan fingerprint density at radius 1 is 1.26 bits per heavy atom. The molecule has 1 heterocycles. The van der Waals surface area contributed by atoms with E-state index in [0.29, 0.717) is 12.3 Å². The average molecular weight is 320 g/mol. The fourth-order valence-corrected chi connectivity index (χ4v) is 4.15. The van der Waals surface area contributed by atoms with Gasteiger partial charge in [0, 0.05) is 0 Å². The number of esters is 1. The first kappa shape index (κ1) is 16.3. The Morgan fingerprint density at radius 3 is 2.65 bits per heavy atom. The van der Waals surface area contributed by atoms with Gasteiger partial charge in [0.1, 0.15) is 0 Å². The van der Waals surface area contributed by atoms with E-state index in [2.05, 4.69) is 6.92 Å². The number of benzene rings is 1. The lowest BCUT2D eigenvalue weighted by Crippen LogP contribution is -2.35. The summed E-state index contributed by atoms with van der Waals surface area (Å²) in [5.74, 6) is 0.393. The van der Waals surface area contributed by atoms with Crippen molar-refractivity contribution in [2.75, 3.05) is 7.11 Å². The fraction of sp³-hybridized carbons (Fsp3) is 0.632. The van der Waals surface area contributed by atoms with Crippen LogP contribution in [-0.2, 0) is 11.2 Å². The summed E-state index contributed by atoms with van der Waals surface area (Å²) in [7, 11) is 1.41. The van der Waals surface area contributed by atoms with Crippen molar-refractivity contribution < 1.29 is 18.7 Å². The fourth-order valence-electron chi connectivity index (χ4n) is 4.15. The van der Waals surface area contributed by atoms with Gasteiger partial charge in [0.25, 0.3) is 0 Å². The number of ether oxygens (including phenoxy) is 2. The van der Waals surface area contributed by atoms with Gasteiger partial charge in [-0.15, -0.1) is 0 Å². The number of halogens is 1. The summed E-state index contributed by atoms with van der Waals surface area (Å²) < 4.78 is 24.5. The lowest BCUT2D eigenvalue weighted by Gasteiger charge is -2.35. The molecular weight excluding hydrogens is 295 g/mol. The first-order chi connectivity index (χ1) is 11.1. The van der Waals surface area contributed by atoms with Crippen LogP contribution < -0.4 is 9.47 Å². The number of methoxy groups -OCH3 is 1. The summed E-state index contributed by atoms with van der Waals surface area (Å²) in [6.45, 7) is 2.23. The maximum absolute atomic E-state index is 14.2. The molecule has 3 rings (SSSR count). The third-order valence-electron chi connectivity index (χ3n) is 5.47. The summed E-state index contributed by atoms with van der Waals surface area (Å²) in [6.07, 6.45) is 7.66. The number of hydrogen-bond donors (Lipinski definition) is 0. The van der Waals surface area contributed by atoms with E-state index < -0.39 is 5.82 Å². The predicted molar refractivity (Wildman–Crippen MR) is 86.1 cm³/mol. The molecule has 1 unspecified atom stereocenters. The zero-order valence-electron chi connectivity index (χ0n) is 13.9. The monoisotopic (exact) mass is 320 g/mol. The molecule has 4 heteroatoms. The topological polar surface area (TPSA) is 35.5 Å². The molecule has 1 atom stereocenters. The van der Waals surface area contributed by atoms with Gasteiger partial charge in [-0.3, -0.25) is 4.79 Å². The maximum Gasteiger partial charge on any atom is 0.315 e. The Kier molecular flexibility index (Phi) is 4.88. The van der Waals surface area contributed by atoms with Crippen LogP contribution in [0.15, 0.2) is 12.1 Å². The van der Waals surface area contributed by atoms with Gasteiger partial charge in [0.05, 0.1) is 13.0 Å². The highest BCUT2D eigenvalue weighted by atomic mass is 19.1. The molecule has 0 radical (unpaired) electrons. The minimum Gasteiger partial charge on any atom is -0.494 e. The van der Waals surface area contributed by atoms with Gasteiger partial charge in [-0.05, 0) is 42.7 Å². The molecule has 0 spiro atoms. The molecule has 1 aliphatic carbocycles. The molecule has 1 aromatic carbocycles. The summed E-state index contributed by atoms with van der Waals surface area (Å²) in [5, 5.41) is 0. The second-order valence-corrected chi connectivity index (χ2v) is 6.87. The van der Waals surface area contributed by atoms with Crippen LogP contribution in [0, 0.1) is 23.6 Å². The molecule has 1 aliphatic heterocycles. The van der Waals surface area contributed by atoms with Crippen LogP contribution in [0.1, 0.15) is 51.0 Å². The van der Waals surface area contributed by atoms with Crippen molar-refractivity contribution in [1.29, 1.82) is 0 Å². The van der Waals surface area contributed by atoms with E-state index >= 15 is 0 Å². The van der Waals surface area contributed by atoms with Crippen LogP contribution in [0.2, 0.25) is 0 Å². The Morgan fingerprint density at radius 2 is 2.00 bits per heavy atom. The van der Waals surface area contributed by atoms with Gasteiger partial charge in [-0.1, -0.05) is 38.7 Å². The quantitative estimate of drug-likeness (QED) is 0.604. The second kappa shape index (κ2) is 6.90. The van der Waals surface area contributed by atoms with E-state index in [0.717, 1.165) is 24.3 Å². The second-order valence-electron chi connectivity index (χ2n) is 6.87. The molecule has 1 aromatic rings. The SMILES string of the molecule is CCCC1CCC(C2Cc3ccc(OC)c(F)c3OC2=O)CC1. The first-order valence-electron chi connectivity index (χ1n) is 8.71. The lowest BCUT2D eigenvalue weighted by atomic mass is 9.72. The van der Waals surface area contributed by atoms with Crippen molar-refractivity contribution >= 4 is 5.97 Å². The third-order valence-corrected chi connectivity index (χ3v) is 5.47. The molecule has 0 N–H and O–H groups in total. The van der Waals surface area contributed by atoms with Crippen LogP contribution >= 0.6 is 0 Å². The third kappa shape index (κ3) is 3.22. The Hall–Kier alpha value is -1.58. The van der Waals surface area contributed by atoms with E-state index in [1.807, 2.05) is 6.07 Å². The summed E-state index contributed by atoms with van der Waals surface area (Å²) in [4.78, 5) is 12.4. The van der Waals surface area contributed by atoms with Gasteiger partial charge >= 0.3 is 5.97 Å². The number of rotatable bonds is 4. The molecule has 23 heavy (non-hydrogen) atoms. The highest BCUT2D eigenvalue weighted by Crippen LogP contribution is 2.42. The van der Waals surface area contributed by atoms with Crippen LogP contribution in [0.5, 0.6) is 11.5 Å². The van der Waals surface area contributed by atoms with Gasteiger partial charge < -0.3 is 9.47 Å². The summed E-state index contributed by atoms with van der Waals surface area (Å²) in [6, 6.07) is 3.43. The van der Waals surface area contributed by atoms with Crippen molar-refractivity contribution in [2.24, 2.45) is 17.8 Å². The van der Waals surface area contributed by atoms with Crippen molar-refractivity contribution in [3.05, 3.63) is 23.5 Å². The van der Waals surface area contributed by atoms with Gasteiger partial charge in [0.15, 0.2) is 11.5 Å². The molecule has 0 aromatic heterocycles. The first-order valence-corrected chi connectivity index (χ1v) is 8.71. The molecule has 126 valence electrons. The van der Waals surface area contributed by atoms with Crippen LogP contribution in [0.3, 0.4) is 0 Å². The highest BCUT2D eigenvalue weighted by Gasteiger charge is 2.38. The van der Waals surface area contributed by atoms with Crippen LogP contribution in [-0.4, -0.2) is 13.1 Å². The number of carbonyl (C=O) groups excluding carboxylic acids is 1. The number of fused-ring (bicyclic) bond motifs is 1. The Bertz CT molecular complexity index is 576. The molecule has 1 saturated carbocycles. The minimum absolute atomic E-state index is 0.0604. The largest absolute Gasteiger partial charge is 0.494 e. The molecule has 0 amide bonds. The van der Waals surface area contributed by atoms with Crippen LogP contribution in [0.25, 0.3) is 0 Å². The smallest absolute Gasteiger partial charge is 0.315 e. The zero-order valence-corrected chi connectivity index (χ0v) is 13.9. The zero-order chi connectivity index (χ0) is 16.4. The Balaban J connectivity index is 1.72. The minimum atomic E-state index is -0.566. The van der Waals surface area contributed by atoms with Crippen molar-refractivity contribution in [3.63, 3.8) is 0 Å². The van der Waals surface area contributed by atoms with Crippen molar-refractivity contribution in [2.45, 2.75) is 51.9 Å². The Labute approximate surface area is 137 Å². The van der Waals surface area contributed by atoms with E-state index in [1.165, 1.54) is 32.8 Å². The molecule has 0 saturated heterocycles. The van der Waals surface area contributed by atoms with Crippen molar-refractivity contribution in [1.82, 2.24) is 0 Å². The molecule has 1 fully saturated rings. The van der Waals surface area contributed by atoms with E-state index in [9.17, 15) is 9.18 Å². The maximum atomic E-state index is 14.2. The van der Waals surface area contributed by atoms with Gasteiger partial charge in [-0.25, -0.2) is 0 Å². The lowest BCUT2D eigenvalue weighted by molar-refractivity contribution is -0.143. The van der Waals surface area contributed by atoms with Crippen LogP contribution in [0.4, 0.5) is 4.39 Å². The predicted octanol–water partition coefficient (Wildman–Crippen LogP) is 4.52. The van der Waals surface area contributed by atoms with Gasteiger partial charge in [0.2, 0.25) is 5.82 Å². The standard InChI is InChI=1S/C19H25FO3/c1-3-4-12-5-7-13(8-6-12)15-11-14-9-10-16(22-2)17(20)18(14)23-19(15)21/h9-10,12-13,15H,3-8,11H2,1-2H3. The summed E-state index contributed by atoms with van der Waals surface area (Å²) >= 11 is 0. The molecular formula is C19H25FO3. The molecule has 3 nitrogen and oxygen atoms in total. The normalized spacial score (nSPS) is 27.3. The van der Waals surface area contributed by atoms with E-state index in [-0.39, 0.29) is 23.4 Å². The van der Waals surface area contributed by atoms with Gasteiger partial charge in [-0.2, -0.15) is 4.39 Å². The van der Waals surface area contributed by atoms with E-state index in [1.54, 1.807) is 6.07 Å².